The molecule has 0 spiro atoms. The molecule has 4 rings (SSSR count). The first-order valence-electron chi connectivity index (χ1n) is 9.28. The predicted molar refractivity (Wildman–Crippen MR) is 116 cm³/mol. The molecule has 1 heterocycles. The zero-order chi connectivity index (χ0) is 18.5. The second-order valence-electron chi connectivity index (χ2n) is 8.30. The Morgan fingerprint density at radius 1 is 0.731 bits per heavy atom. The highest BCUT2D eigenvalue weighted by molar-refractivity contribution is 6.88. The first kappa shape index (κ1) is 17.0. The number of benzene rings is 3. The van der Waals surface area contributed by atoms with Gasteiger partial charge in [0.2, 0.25) is 5.69 Å². The molecule has 0 atom stereocenters. The third-order valence-electron chi connectivity index (χ3n) is 5.39. The van der Waals surface area contributed by atoms with Crippen LogP contribution in [0.5, 0.6) is 0 Å². The minimum atomic E-state index is -1.31. The molecule has 130 valence electrons. The summed E-state index contributed by atoms with van der Waals surface area (Å²) in [7, 11) is 0.866. The SMILES string of the molecule is Cc1ccc2c(ccc3ccccc32)c1-c1ccc([Si](C)(C)C)c[n+]1C. The van der Waals surface area contributed by atoms with Gasteiger partial charge in [-0.3, -0.25) is 0 Å². The van der Waals surface area contributed by atoms with Crippen LogP contribution in [0.25, 0.3) is 32.8 Å². The summed E-state index contributed by atoms with van der Waals surface area (Å²) in [6, 6.07) is 22.4. The minimum Gasteiger partial charge on any atom is -0.201 e. The molecule has 4 aromatic rings. The fraction of sp³-hybridized carbons (Fsp3) is 0.208. The molecular weight excluding hydrogens is 330 g/mol. The van der Waals surface area contributed by atoms with E-state index in [4.69, 9.17) is 0 Å². The van der Waals surface area contributed by atoms with Crippen LogP contribution >= 0.6 is 0 Å². The van der Waals surface area contributed by atoms with Gasteiger partial charge in [-0.1, -0.05) is 74.2 Å². The van der Waals surface area contributed by atoms with Crippen LogP contribution in [0.1, 0.15) is 5.56 Å². The monoisotopic (exact) mass is 356 g/mol. The van der Waals surface area contributed by atoms with Crippen molar-refractivity contribution in [3.05, 3.63) is 72.4 Å². The van der Waals surface area contributed by atoms with Crippen LogP contribution in [-0.2, 0) is 7.05 Å². The van der Waals surface area contributed by atoms with E-state index in [0.29, 0.717) is 0 Å². The van der Waals surface area contributed by atoms with Gasteiger partial charge in [-0.2, -0.15) is 0 Å². The lowest BCUT2D eigenvalue weighted by Crippen LogP contribution is -2.45. The Bertz CT molecular complexity index is 1140. The summed E-state index contributed by atoms with van der Waals surface area (Å²) in [5.41, 5.74) is 3.95. The molecule has 1 aromatic heterocycles. The molecule has 2 heteroatoms. The van der Waals surface area contributed by atoms with E-state index in [0.717, 1.165) is 0 Å². The molecule has 0 N–H and O–H groups in total. The van der Waals surface area contributed by atoms with Crippen LogP contribution < -0.4 is 9.75 Å². The molecule has 0 aliphatic heterocycles. The van der Waals surface area contributed by atoms with E-state index in [-0.39, 0.29) is 0 Å². The molecule has 0 saturated carbocycles. The lowest BCUT2D eigenvalue weighted by atomic mass is 9.93. The molecule has 0 amide bonds. The van der Waals surface area contributed by atoms with E-state index < -0.39 is 8.07 Å². The maximum Gasteiger partial charge on any atom is 0.213 e. The van der Waals surface area contributed by atoms with Gasteiger partial charge in [0.15, 0.2) is 6.20 Å². The summed E-state index contributed by atoms with van der Waals surface area (Å²) in [5.74, 6) is 0. The fourth-order valence-electron chi connectivity index (χ4n) is 3.85. The van der Waals surface area contributed by atoms with Crippen molar-refractivity contribution in [2.24, 2.45) is 7.05 Å². The van der Waals surface area contributed by atoms with Crippen molar-refractivity contribution in [1.29, 1.82) is 0 Å². The maximum atomic E-state index is 2.40. The van der Waals surface area contributed by atoms with Gasteiger partial charge in [0, 0.05) is 11.3 Å². The standard InChI is InChI=1S/C24H26NSi/c1-17-10-13-21-20-9-7-6-8-18(20)11-14-22(21)24(17)23-15-12-19(16-25(23)2)26(3,4)5/h6-16H,1-5H3/q+1. The number of hydrogen-bond donors (Lipinski definition) is 0. The predicted octanol–water partition coefficient (Wildman–Crippen LogP) is 5.34. The van der Waals surface area contributed by atoms with Gasteiger partial charge in [-0.05, 0) is 34.0 Å². The van der Waals surface area contributed by atoms with E-state index in [1.807, 2.05) is 0 Å². The number of aryl methyl sites for hydroxylation is 2. The van der Waals surface area contributed by atoms with E-state index in [1.165, 1.54) is 43.6 Å². The number of pyridine rings is 1. The molecule has 0 aliphatic rings. The Morgan fingerprint density at radius 3 is 2.19 bits per heavy atom. The highest BCUT2D eigenvalue weighted by atomic mass is 28.3. The van der Waals surface area contributed by atoms with Gasteiger partial charge >= 0.3 is 0 Å². The average molecular weight is 357 g/mol. The first-order valence-corrected chi connectivity index (χ1v) is 12.8. The highest BCUT2D eigenvalue weighted by Crippen LogP contribution is 2.34. The third kappa shape index (κ3) is 2.75. The molecule has 0 radical (unpaired) electrons. The van der Waals surface area contributed by atoms with Crippen molar-refractivity contribution >= 4 is 34.8 Å². The average Bonchev–Trinajstić information content (AvgIpc) is 2.61. The normalized spacial score (nSPS) is 12.0. The molecule has 26 heavy (non-hydrogen) atoms. The number of hydrogen-bond acceptors (Lipinski definition) is 0. The van der Waals surface area contributed by atoms with E-state index in [1.54, 1.807) is 0 Å². The van der Waals surface area contributed by atoms with Crippen molar-refractivity contribution in [2.75, 3.05) is 0 Å². The van der Waals surface area contributed by atoms with Crippen LogP contribution in [0.4, 0.5) is 0 Å². The van der Waals surface area contributed by atoms with Crippen molar-refractivity contribution in [2.45, 2.75) is 26.6 Å². The molecule has 0 unspecified atom stereocenters. The second kappa shape index (κ2) is 6.06. The minimum absolute atomic E-state index is 1.28. The summed E-state index contributed by atoms with van der Waals surface area (Å²) < 4.78 is 2.31. The summed E-state index contributed by atoms with van der Waals surface area (Å²) in [6.07, 6.45) is 2.33. The largest absolute Gasteiger partial charge is 0.213 e. The molecule has 1 nitrogen and oxygen atoms in total. The lowest BCUT2D eigenvalue weighted by Gasteiger charge is -2.16. The number of rotatable bonds is 2. The van der Waals surface area contributed by atoms with E-state index in [2.05, 4.69) is 105 Å². The Labute approximate surface area is 156 Å². The quantitative estimate of drug-likeness (QED) is 0.259. The summed E-state index contributed by atoms with van der Waals surface area (Å²) >= 11 is 0. The number of aromatic nitrogens is 1. The topological polar surface area (TPSA) is 3.88 Å². The Balaban J connectivity index is 2.03. The Hall–Kier alpha value is -2.45. The molecular formula is C24H26NSi+. The molecule has 3 aromatic carbocycles. The van der Waals surface area contributed by atoms with Gasteiger partial charge in [0.1, 0.15) is 7.05 Å². The zero-order valence-corrected chi connectivity index (χ0v) is 17.3. The van der Waals surface area contributed by atoms with Crippen LogP contribution in [0, 0.1) is 6.92 Å². The van der Waals surface area contributed by atoms with Crippen molar-refractivity contribution < 1.29 is 4.57 Å². The Morgan fingerprint density at radius 2 is 1.46 bits per heavy atom. The fourth-order valence-corrected chi connectivity index (χ4v) is 5.01. The lowest BCUT2D eigenvalue weighted by molar-refractivity contribution is -0.659. The van der Waals surface area contributed by atoms with Crippen LogP contribution in [0.2, 0.25) is 19.6 Å². The van der Waals surface area contributed by atoms with Gasteiger partial charge in [0.25, 0.3) is 0 Å². The van der Waals surface area contributed by atoms with Crippen LogP contribution in [0.15, 0.2) is 66.9 Å². The molecule has 0 saturated heterocycles. The van der Waals surface area contributed by atoms with Gasteiger partial charge in [-0.15, -0.1) is 0 Å². The van der Waals surface area contributed by atoms with Gasteiger partial charge in [-0.25, -0.2) is 4.57 Å². The van der Waals surface area contributed by atoms with Crippen molar-refractivity contribution in [3.63, 3.8) is 0 Å². The smallest absolute Gasteiger partial charge is 0.201 e. The maximum absolute atomic E-state index is 2.40. The molecule has 0 bridgehead atoms. The van der Waals surface area contributed by atoms with Crippen LogP contribution in [-0.4, -0.2) is 8.07 Å². The second-order valence-corrected chi connectivity index (χ2v) is 13.4. The third-order valence-corrected chi connectivity index (χ3v) is 7.42. The highest BCUT2D eigenvalue weighted by Gasteiger charge is 2.22. The van der Waals surface area contributed by atoms with Gasteiger partial charge in [0.05, 0.1) is 13.6 Å². The zero-order valence-electron chi connectivity index (χ0n) is 16.3. The number of nitrogens with zero attached hydrogens (tertiary/aromatic N) is 1. The summed E-state index contributed by atoms with van der Waals surface area (Å²) in [6.45, 7) is 9.42. The molecule has 0 fully saturated rings. The van der Waals surface area contributed by atoms with Crippen molar-refractivity contribution in [3.8, 4) is 11.3 Å². The van der Waals surface area contributed by atoms with Gasteiger partial charge < -0.3 is 0 Å². The van der Waals surface area contributed by atoms with Crippen LogP contribution in [0.3, 0.4) is 0 Å². The van der Waals surface area contributed by atoms with Crippen molar-refractivity contribution in [1.82, 2.24) is 0 Å². The molecule has 0 aliphatic carbocycles. The van der Waals surface area contributed by atoms with E-state index >= 15 is 0 Å². The Kier molecular flexibility index (Phi) is 3.96. The first-order chi connectivity index (χ1) is 12.4. The summed E-state index contributed by atoms with van der Waals surface area (Å²) in [5, 5.41) is 6.78. The summed E-state index contributed by atoms with van der Waals surface area (Å²) in [4.78, 5) is 0. The van der Waals surface area contributed by atoms with E-state index in [9.17, 15) is 0 Å². The number of fused-ring (bicyclic) bond motifs is 3.